The van der Waals surface area contributed by atoms with Crippen LogP contribution < -0.4 is 0 Å². The van der Waals surface area contributed by atoms with Crippen molar-refractivity contribution in [1.82, 2.24) is 9.21 Å². The van der Waals surface area contributed by atoms with Gasteiger partial charge in [0, 0.05) is 39.2 Å². The lowest BCUT2D eigenvalue weighted by Gasteiger charge is -2.33. The number of hydrogen-bond acceptors (Lipinski definition) is 4. The van der Waals surface area contributed by atoms with Crippen LogP contribution in [0.2, 0.25) is 0 Å². The van der Waals surface area contributed by atoms with Gasteiger partial charge in [-0.25, -0.2) is 8.42 Å². The quantitative estimate of drug-likeness (QED) is 0.629. The Balaban J connectivity index is 2.48. The summed E-state index contributed by atoms with van der Waals surface area (Å²) >= 11 is 5.44. The van der Waals surface area contributed by atoms with Crippen LogP contribution in [0, 0.1) is 0 Å². The molecule has 6 nitrogen and oxygen atoms in total. The van der Waals surface area contributed by atoms with Crippen molar-refractivity contribution in [3.05, 3.63) is 0 Å². The lowest BCUT2D eigenvalue weighted by Crippen LogP contribution is -2.51. The van der Waals surface area contributed by atoms with Gasteiger partial charge in [-0.05, 0) is 0 Å². The highest BCUT2D eigenvalue weighted by Crippen LogP contribution is 2.08. The van der Waals surface area contributed by atoms with Crippen molar-refractivity contribution in [2.75, 3.05) is 51.5 Å². The maximum Gasteiger partial charge on any atom is 0.248 e. The lowest BCUT2D eigenvalue weighted by atomic mass is 10.3. The zero-order chi connectivity index (χ0) is 12.9. The van der Waals surface area contributed by atoms with Gasteiger partial charge in [0.05, 0.1) is 5.75 Å². The highest BCUT2D eigenvalue weighted by atomic mass is 35.5. The molecule has 17 heavy (non-hydrogen) atoms. The van der Waals surface area contributed by atoms with Crippen LogP contribution in [-0.2, 0) is 19.6 Å². The summed E-state index contributed by atoms with van der Waals surface area (Å²) in [5.74, 6) is -0.0759. The average molecular weight is 285 g/mol. The fourth-order valence-electron chi connectivity index (χ4n) is 1.66. The molecule has 1 heterocycles. The summed E-state index contributed by atoms with van der Waals surface area (Å²) in [6.07, 6.45) is 0. The van der Waals surface area contributed by atoms with Crippen LogP contribution in [0.15, 0.2) is 0 Å². The number of hydrogen-bond donors (Lipinski definition) is 0. The first kappa shape index (κ1) is 14.7. The zero-order valence-electron chi connectivity index (χ0n) is 9.76. The molecule has 0 aromatic heterocycles. The second-order valence-corrected chi connectivity index (χ2v) is 6.18. The third-order valence-corrected chi connectivity index (χ3v) is 4.87. The molecule has 0 aromatic carbocycles. The Kier molecular flexibility index (Phi) is 5.64. The van der Waals surface area contributed by atoms with Crippen LogP contribution in [-0.4, -0.2) is 75.1 Å². The number of piperazine rings is 1. The van der Waals surface area contributed by atoms with Gasteiger partial charge in [-0.1, -0.05) is 0 Å². The van der Waals surface area contributed by atoms with Gasteiger partial charge in [-0.15, -0.1) is 11.6 Å². The normalized spacial score (nSPS) is 18.4. The number of halogens is 1. The van der Waals surface area contributed by atoms with Crippen molar-refractivity contribution in [2.45, 2.75) is 0 Å². The predicted molar refractivity (Wildman–Crippen MR) is 64.5 cm³/mol. The number of rotatable bonds is 5. The minimum Gasteiger partial charge on any atom is -0.375 e. The van der Waals surface area contributed by atoms with E-state index in [2.05, 4.69) is 0 Å². The average Bonchev–Trinajstić information content (AvgIpc) is 2.29. The van der Waals surface area contributed by atoms with E-state index >= 15 is 0 Å². The standard InChI is InChI=1S/C9H17ClN2O4S/c1-16-8-9(13)11-3-5-12(6-4-11)17(14,15)7-2-10/h2-8H2,1H3. The molecule has 0 unspecified atom stereocenters. The van der Waals surface area contributed by atoms with E-state index in [-0.39, 0.29) is 24.1 Å². The van der Waals surface area contributed by atoms with Crippen molar-refractivity contribution in [1.29, 1.82) is 0 Å². The monoisotopic (exact) mass is 284 g/mol. The van der Waals surface area contributed by atoms with Crippen molar-refractivity contribution in [3.63, 3.8) is 0 Å². The summed E-state index contributed by atoms with van der Waals surface area (Å²) in [5, 5.41) is 0. The minimum atomic E-state index is -3.26. The Morgan fingerprint density at radius 2 is 1.88 bits per heavy atom. The van der Waals surface area contributed by atoms with Crippen LogP contribution in [0.25, 0.3) is 0 Å². The number of methoxy groups -OCH3 is 1. The minimum absolute atomic E-state index is 0.0361. The molecule has 1 fully saturated rings. The summed E-state index contributed by atoms with van der Waals surface area (Å²) in [4.78, 5) is 13.1. The van der Waals surface area contributed by atoms with Gasteiger partial charge in [0.25, 0.3) is 0 Å². The van der Waals surface area contributed by atoms with Gasteiger partial charge in [-0.3, -0.25) is 4.79 Å². The molecule has 0 N–H and O–H groups in total. The Morgan fingerprint density at radius 3 is 2.35 bits per heavy atom. The highest BCUT2D eigenvalue weighted by Gasteiger charge is 2.27. The summed E-state index contributed by atoms with van der Waals surface area (Å²) in [5.41, 5.74) is 0. The second-order valence-electron chi connectivity index (χ2n) is 3.72. The van der Waals surface area contributed by atoms with Gasteiger partial charge < -0.3 is 9.64 Å². The molecule has 0 saturated carbocycles. The summed E-state index contributed by atoms with van der Waals surface area (Å²) in [6, 6.07) is 0. The van der Waals surface area contributed by atoms with E-state index in [0.29, 0.717) is 26.2 Å². The van der Waals surface area contributed by atoms with E-state index in [1.54, 1.807) is 4.90 Å². The van der Waals surface area contributed by atoms with Crippen LogP contribution >= 0.6 is 11.6 Å². The number of sulfonamides is 1. The van der Waals surface area contributed by atoms with Crippen LogP contribution in [0.1, 0.15) is 0 Å². The molecule has 0 atom stereocenters. The molecule has 0 spiro atoms. The summed E-state index contributed by atoms with van der Waals surface area (Å²) < 4.78 is 29.5. The first-order chi connectivity index (χ1) is 8.01. The van der Waals surface area contributed by atoms with E-state index in [1.807, 2.05) is 0 Å². The molecule has 1 amide bonds. The predicted octanol–water partition coefficient (Wildman–Crippen LogP) is -0.654. The van der Waals surface area contributed by atoms with E-state index in [4.69, 9.17) is 16.3 Å². The van der Waals surface area contributed by atoms with Crippen molar-refractivity contribution < 1.29 is 17.9 Å². The van der Waals surface area contributed by atoms with Crippen molar-refractivity contribution >= 4 is 27.5 Å². The molecule has 1 aliphatic rings. The maximum absolute atomic E-state index is 11.7. The van der Waals surface area contributed by atoms with Crippen LogP contribution in [0.4, 0.5) is 0 Å². The Morgan fingerprint density at radius 1 is 1.29 bits per heavy atom. The molecule has 8 heteroatoms. The molecule has 0 aromatic rings. The first-order valence-electron chi connectivity index (χ1n) is 5.31. The molecular formula is C9H17ClN2O4S. The Hall–Kier alpha value is -0.370. The Labute approximate surface area is 107 Å². The largest absolute Gasteiger partial charge is 0.375 e. The molecule has 1 saturated heterocycles. The molecule has 0 radical (unpaired) electrons. The van der Waals surface area contributed by atoms with E-state index in [1.165, 1.54) is 11.4 Å². The maximum atomic E-state index is 11.7. The van der Waals surface area contributed by atoms with E-state index in [9.17, 15) is 13.2 Å². The summed E-state index contributed by atoms with van der Waals surface area (Å²) in [6.45, 7) is 1.51. The van der Waals surface area contributed by atoms with Gasteiger partial charge >= 0.3 is 0 Å². The summed E-state index contributed by atoms with van der Waals surface area (Å²) in [7, 11) is -1.81. The fraction of sp³-hybridized carbons (Fsp3) is 0.889. The van der Waals surface area contributed by atoms with Crippen molar-refractivity contribution in [3.8, 4) is 0 Å². The SMILES string of the molecule is COCC(=O)N1CCN(S(=O)(=O)CCCl)CC1. The molecular weight excluding hydrogens is 268 g/mol. The third-order valence-electron chi connectivity index (χ3n) is 2.59. The van der Waals surface area contributed by atoms with Gasteiger partial charge in [0.15, 0.2) is 0 Å². The molecule has 100 valence electrons. The van der Waals surface area contributed by atoms with Crippen LogP contribution in [0.5, 0.6) is 0 Å². The number of carbonyl (C=O) groups is 1. The van der Waals surface area contributed by atoms with Crippen LogP contribution in [0.3, 0.4) is 0 Å². The van der Waals surface area contributed by atoms with Gasteiger partial charge in [0.1, 0.15) is 6.61 Å². The highest BCUT2D eigenvalue weighted by molar-refractivity contribution is 7.89. The molecule has 1 rings (SSSR count). The molecule has 1 aliphatic heterocycles. The van der Waals surface area contributed by atoms with E-state index < -0.39 is 10.0 Å². The molecule has 0 bridgehead atoms. The topological polar surface area (TPSA) is 66.9 Å². The smallest absolute Gasteiger partial charge is 0.248 e. The van der Waals surface area contributed by atoms with Gasteiger partial charge in [0.2, 0.25) is 15.9 Å². The number of carbonyl (C=O) groups excluding carboxylic acids is 1. The third kappa shape index (κ3) is 4.09. The molecule has 0 aliphatic carbocycles. The lowest BCUT2D eigenvalue weighted by molar-refractivity contribution is -0.136. The fourth-order valence-corrected chi connectivity index (χ4v) is 3.41. The number of nitrogens with zero attached hydrogens (tertiary/aromatic N) is 2. The van der Waals surface area contributed by atoms with Gasteiger partial charge in [-0.2, -0.15) is 4.31 Å². The first-order valence-corrected chi connectivity index (χ1v) is 7.46. The number of amides is 1. The number of alkyl halides is 1. The second kappa shape index (κ2) is 6.53. The van der Waals surface area contributed by atoms with E-state index in [0.717, 1.165) is 0 Å². The zero-order valence-corrected chi connectivity index (χ0v) is 11.3. The Bertz CT molecular complexity index is 352. The number of ether oxygens (including phenoxy) is 1. The van der Waals surface area contributed by atoms with Crippen molar-refractivity contribution in [2.24, 2.45) is 0 Å².